The van der Waals surface area contributed by atoms with Crippen LogP contribution in [0.4, 0.5) is 0 Å². The normalized spacial score (nSPS) is 18.2. The third-order valence-electron chi connectivity index (χ3n) is 2.88. The van der Waals surface area contributed by atoms with Crippen LogP contribution in [0, 0.1) is 11.8 Å². The Bertz CT molecular complexity index is 134. The molecule has 0 radical (unpaired) electrons. The topological polar surface area (TPSA) is 24.1 Å². The van der Waals surface area contributed by atoms with Gasteiger partial charge in [0.15, 0.2) is 0 Å². The summed E-state index contributed by atoms with van der Waals surface area (Å²) in [5.41, 5.74) is 6.77. The lowest BCUT2D eigenvalue weighted by atomic mass is 10.0. The van der Waals surface area contributed by atoms with E-state index in [2.05, 4.69) is 52.4 Å². The third-order valence-corrected chi connectivity index (χ3v) is 2.88. The molecule has 0 amide bonds. The van der Waals surface area contributed by atoms with E-state index in [1.807, 2.05) is 0 Å². The van der Waals surface area contributed by atoms with Crippen molar-refractivity contribution < 1.29 is 0 Å². The maximum Gasteiger partial charge on any atom is 0.0210 e. The molecule has 0 aromatic heterocycles. The standard InChI is InChI=1S/C12H28N2/c1-7-10(4)12(6)14-13-11(5)8-9(2)3/h9-14H,7-8H2,1-6H3. The van der Waals surface area contributed by atoms with E-state index in [-0.39, 0.29) is 0 Å². The van der Waals surface area contributed by atoms with Gasteiger partial charge in [-0.25, -0.2) is 0 Å². The van der Waals surface area contributed by atoms with Crippen LogP contribution in [-0.2, 0) is 0 Å². The Morgan fingerprint density at radius 2 is 1.50 bits per heavy atom. The minimum absolute atomic E-state index is 0.551. The van der Waals surface area contributed by atoms with E-state index in [9.17, 15) is 0 Å². The quantitative estimate of drug-likeness (QED) is 0.617. The van der Waals surface area contributed by atoms with Crippen molar-refractivity contribution in [3.05, 3.63) is 0 Å². The van der Waals surface area contributed by atoms with Crippen LogP contribution in [0.1, 0.15) is 54.4 Å². The molecule has 0 bridgehead atoms. The molecule has 2 N–H and O–H groups in total. The van der Waals surface area contributed by atoms with E-state index >= 15 is 0 Å². The highest BCUT2D eigenvalue weighted by Gasteiger charge is 2.10. The molecule has 14 heavy (non-hydrogen) atoms. The van der Waals surface area contributed by atoms with E-state index in [0.29, 0.717) is 12.1 Å². The first-order valence-corrected chi connectivity index (χ1v) is 5.98. The molecule has 0 spiro atoms. The molecule has 0 fully saturated rings. The van der Waals surface area contributed by atoms with Gasteiger partial charge in [-0.3, -0.25) is 10.9 Å². The highest BCUT2D eigenvalue weighted by Crippen LogP contribution is 2.07. The Hall–Kier alpha value is -0.0800. The maximum atomic E-state index is 3.39. The van der Waals surface area contributed by atoms with Gasteiger partial charge in [0, 0.05) is 12.1 Å². The van der Waals surface area contributed by atoms with Gasteiger partial charge < -0.3 is 0 Å². The Balaban J connectivity index is 3.60. The van der Waals surface area contributed by atoms with Crippen molar-refractivity contribution in [3.8, 4) is 0 Å². The largest absolute Gasteiger partial charge is 0.255 e. The van der Waals surface area contributed by atoms with Crippen LogP contribution in [-0.4, -0.2) is 12.1 Å². The summed E-state index contributed by atoms with van der Waals surface area (Å²) in [6.45, 7) is 13.5. The molecule has 3 atom stereocenters. The zero-order chi connectivity index (χ0) is 11.1. The zero-order valence-corrected chi connectivity index (χ0v) is 10.7. The lowest BCUT2D eigenvalue weighted by Crippen LogP contribution is -2.47. The second kappa shape index (κ2) is 7.24. The molecule has 2 nitrogen and oxygen atoms in total. The minimum atomic E-state index is 0.551. The third kappa shape index (κ3) is 6.39. The second-order valence-electron chi connectivity index (χ2n) is 4.99. The predicted molar refractivity (Wildman–Crippen MR) is 64.1 cm³/mol. The van der Waals surface area contributed by atoms with Gasteiger partial charge in [-0.1, -0.05) is 34.1 Å². The molecule has 0 saturated heterocycles. The van der Waals surface area contributed by atoms with Gasteiger partial charge in [-0.2, -0.15) is 0 Å². The zero-order valence-electron chi connectivity index (χ0n) is 10.7. The second-order valence-corrected chi connectivity index (χ2v) is 4.99. The van der Waals surface area contributed by atoms with Crippen LogP contribution in [0.25, 0.3) is 0 Å². The molecule has 0 aliphatic rings. The van der Waals surface area contributed by atoms with Gasteiger partial charge in [0.25, 0.3) is 0 Å². The van der Waals surface area contributed by atoms with Gasteiger partial charge >= 0.3 is 0 Å². The number of hydrazine groups is 1. The lowest BCUT2D eigenvalue weighted by Gasteiger charge is -2.24. The summed E-state index contributed by atoms with van der Waals surface area (Å²) in [7, 11) is 0. The number of hydrogen-bond donors (Lipinski definition) is 2. The van der Waals surface area contributed by atoms with Crippen molar-refractivity contribution >= 4 is 0 Å². The van der Waals surface area contributed by atoms with Crippen molar-refractivity contribution in [1.29, 1.82) is 0 Å². The minimum Gasteiger partial charge on any atom is -0.255 e. The summed E-state index contributed by atoms with van der Waals surface area (Å²) in [5.74, 6) is 1.49. The van der Waals surface area contributed by atoms with Crippen LogP contribution in [0.5, 0.6) is 0 Å². The Kier molecular flexibility index (Phi) is 7.20. The van der Waals surface area contributed by atoms with Crippen LogP contribution < -0.4 is 10.9 Å². The van der Waals surface area contributed by atoms with Crippen molar-refractivity contribution in [2.24, 2.45) is 11.8 Å². The first kappa shape index (κ1) is 13.9. The van der Waals surface area contributed by atoms with Crippen LogP contribution in [0.15, 0.2) is 0 Å². The van der Waals surface area contributed by atoms with E-state index in [4.69, 9.17) is 0 Å². The summed E-state index contributed by atoms with van der Waals surface area (Å²) in [4.78, 5) is 0. The Morgan fingerprint density at radius 1 is 0.929 bits per heavy atom. The first-order valence-electron chi connectivity index (χ1n) is 5.98. The molecule has 0 rings (SSSR count). The average Bonchev–Trinajstić information content (AvgIpc) is 2.11. The highest BCUT2D eigenvalue weighted by molar-refractivity contribution is 4.67. The Labute approximate surface area is 89.8 Å². The molecule has 0 saturated carbocycles. The molecule has 2 heteroatoms. The number of hydrogen-bond acceptors (Lipinski definition) is 2. The van der Waals surface area contributed by atoms with Crippen molar-refractivity contribution in [3.63, 3.8) is 0 Å². The van der Waals surface area contributed by atoms with Gasteiger partial charge in [-0.15, -0.1) is 0 Å². The average molecular weight is 200 g/mol. The molecule has 0 aromatic rings. The molecule has 0 aliphatic heterocycles. The lowest BCUT2D eigenvalue weighted by molar-refractivity contribution is 0.304. The maximum absolute atomic E-state index is 3.39. The van der Waals surface area contributed by atoms with Gasteiger partial charge in [-0.05, 0) is 32.1 Å². The number of nitrogens with one attached hydrogen (secondary N) is 2. The summed E-state index contributed by atoms with van der Waals surface area (Å²) in [6.07, 6.45) is 2.45. The Morgan fingerprint density at radius 3 is 1.93 bits per heavy atom. The highest BCUT2D eigenvalue weighted by atomic mass is 15.4. The number of rotatable bonds is 7. The van der Waals surface area contributed by atoms with Crippen LogP contribution in [0.2, 0.25) is 0 Å². The molecule has 0 aliphatic carbocycles. The molecule has 86 valence electrons. The van der Waals surface area contributed by atoms with Gasteiger partial charge in [0.05, 0.1) is 0 Å². The van der Waals surface area contributed by atoms with Crippen LogP contribution in [0.3, 0.4) is 0 Å². The fourth-order valence-electron chi connectivity index (χ4n) is 1.54. The van der Waals surface area contributed by atoms with Crippen molar-refractivity contribution in [2.45, 2.75) is 66.5 Å². The molecule has 3 unspecified atom stereocenters. The smallest absolute Gasteiger partial charge is 0.0210 e. The molecule has 0 aromatic carbocycles. The van der Waals surface area contributed by atoms with Gasteiger partial charge in [0.1, 0.15) is 0 Å². The summed E-state index contributed by atoms with van der Waals surface area (Å²) in [6, 6.07) is 1.11. The first-order chi connectivity index (χ1) is 6.47. The van der Waals surface area contributed by atoms with E-state index in [1.165, 1.54) is 12.8 Å². The van der Waals surface area contributed by atoms with Crippen molar-refractivity contribution in [2.75, 3.05) is 0 Å². The fourth-order valence-corrected chi connectivity index (χ4v) is 1.54. The monoisotopic (exact) mass is 200 g/mol. The molecule has 0 heterocycles. The van der Waals surface area contributed by atoms with E-state index in [1.54, 1.807) is 0 Å². The van der Waals surface area contributed by atoms with Gasteiger partial charge in [0.2, 0.25) is 0 Å². The summed E-state index contributed by atoms with van der Waals surface area (Å²) >= 11 is 0. The van der Waals surface area contributed by atoms with Crippen LogP contribution >= 0.6 is 0 Å². The van der Waals surface area contributed by atoms with E-state index < -0.39 is 0 Å². The summed E-state index contributed by atoms with van der Waals surface area (Å²) < 4.78 is 0. The molecular weight excluding hydrogens is 172 g/mol. The summed E-state index contributed by atoms with van der Waals surface area (Å²) in [5, 5.41) is 0. The van der Waals surface area contributed by atoms with Crippen molar-refractivity contribution in [1.82, 2.24) is 10.9 Å². The SMILES string of the molecule is CCC(C)C(C)NNC(C)CC(C)C. The fraction of sp³-hybridized carbons (Fsp3) is 1.00. The van der Waals surface area contributed by atoms with E-state index in [0.717, 1.165) is 11.8 Å². The predicted octanol–water partition coefficient (Wildman–Crippen LogP) is 2.95. The molecular formula is C12H28N2.